The van der Waals surface area contributed by atoms with Crippen molar-refractivity contribution in [3.05, 3.63) is 41.9 Å². The van der Waals surface area contributed by atoms with Crippen molar-refractivity contribution in [1.82, 2.24) is 20.6 Å². The summed E-state index contributed by atoms with van der Waals surface area (Å²) in [5.41, 5.74) is 1.27. The molecule has 2 N–H and O–H groups in total. The number of rotatable bonds is 5. The molecule has 106 valence electrons. The van der Waals surface area contributed by atoms with Crippen LogP contribution in [0.15, 0.2) is 30.5 Å². The third-order valence-electron chi connectivity index (χ3n) is 2.46. The van der Waals surface area contributed by atoms with Crippen molar-refractivity contribution in [1.29, 1.82) is 5.26 Å². The average Bonchev–Trinajstić information content (AvgIpc) is 3.03. The van der Waals surface area contributed by atoms with Gasteiger partial charge in [0.15, 0.2) is 0 Å². The summed E-state index contributed by atoms with van der Waals surface area (Å²) in [6, 6.07) is 8.69. The number of nitrogens with one attached hydrogen (secondary N) is 2. The first-order valence-corrected chi connectivity index (χ1v) is 6.12. The number of hydrogen-bond donors (Lipinski definition) is 2. The molecule has 2 rings (SSSR count). The molecule has 0 atom stereocenters. The number of nitrogens with zero attached hydrogens (tertiary/aromatic N) is 4. The Labute approximate surface area is 120 Å². The maximum Gasteiger partial charge on any atom is 0.338 e. The Kier molecular flexibility index (Phi) is 4.61. The normalized spacial score (nSPS) is 10.8. The quantitative estimate of drug-likeness (QED) is 0.628. The van der Waals surface area contributed by atoms with Crippen LogP contribution in [0.5, 0.6) is 0 Å². The van der Waals surface area contributed by atoms with Crippen molar-refractivity contribution in [2.75, 3.05) is 11.9 Å². The van der Waals surface area contributed by atoms with Crippen LogP contribution in [0.4, 0.5) is 5.69 Å². The van der Waals surface area contributed by atoms with Gasteiger partial charge in [0.1, 0.15) is 11.6 Å². The summed E-state index contributed by atoms with van der Waals surface area (Å²) in [4.78, 5) is 11.6. The fraction of sp³-hybridized carbons (Fsp3) is 0.154. The van der Waals surface area contributed by atoms with Crippen molar-refractivity contribution in [3.63, 3.8) is 0 Å². The molecule has 8 nitrogen and oxygen atoms in total. The molecular formula is C13H12N6O2. The Balaban J connectivity index is 2.15. The molecule has 1 aromatic carbocycles. The minimum atomic E-state index is -0.399. The number of H-pyrrole nitrogens is 1. The van der Waals surface area contributed by atoms with Crippen LogP contribution in [0.25, 0.3) is 5.57 Å². The van der Waals surface area contributed by atoms with E-state index in [0.29, 0.717) is 17.9 Å². The summed E-state index contributed by atoms with van der Waals surface area (Å²) >= 11 is 0. The zero-order chi connectivity index (χ0) is 15.1. The smallest absolute Gasteiger partial charge is 0.338 e. The van der Waals surface area contributed by atoms with Gasteiger partial charge in [-0.05, 0) is 30.3 Å². The molecule has 21 heavy (non-hydrogen) atoms. The van der Waals surface area contributed by atoms with E-state index in [1.807, 2.05) is 6.07 Å². The SMILES string of the molecule is CCOC(=O)c1cccc(NC=C(C#N)c2nn[nH]n2)c1. The summed E-state index contributed by atoms with van der Waals surface area (Å²) in [6.45, 7) is 2.06. The first-order valence-electron chi connectivity index (χ1n) is 6.12. The van der Waals surface area contributed by atoms with Crippen LogP contribution < -0.4 is 5.32 Å². The molecule has 0 unspecified atom stereocenters. The number of carbonyl (C=O) groups excluding carboxylic acids is 1. The summed E-state index contributed by atoms with van der Waals surface area (Å²) in [5.74, 6) is -0.213. The molecule has 1 aromatic heterocycles. The highest BCUT2D eigenvalue weighted by Gasteiger charge is 2.08. The van der Waals surface area contributed by atoms with E-state index in [-0.39, 0.29) is 11.4 Å². The monoisotopic (exact) mass is 284 g/mol. The maximum atomic E-state index is 11.6. The Hall–Kier alpha value is -3.21. The summed E-state index contributed by atoms with van der Waals surface area (Å²) in [5, 5.41) is 25.0. The number of anilines is 1. The number of aromatic nitrogens is 4. The van der Waals surface area contributed by atoms with Crippen LogP contribution in [0.2, 0.25) is 0 Å². The van der Waals surface area contributed by atoms with E-state index >= 15 is 0 Å². The number of tetrazole rings is 1. The van der Waals surface area contributed by atoms with Crippen LogP contribution in [-0.4, -0.2) is 33.2 Å². The van der Waals surface area contributed by atoms with E-state index in [1.54, 1.807) is 31.2 Å². The Bertz CT molecular complexity index is 687. The molecule has 0 aliphatic carbocycles. The summed E-state index contributed by atoms with van der Waals surface area (Å²) in [6.07, 6.45) is 1.44. The van der Waals surface area contributed by atoms with E-state index in [2.05, 4.69) is 25.9 Å². The lowest BCUT2D eigenvalue weighted by Crippen LogP contribution is -2.04. The van der Waals surface area contributed by atoms with Gasteiger partial charge in [-0.15, -0.1) is 10.2 Å². The zero-order valence-corrected chi connectivity index (χ0v) is 11.2. The molecule has 2 aromatic rings. The van der Waals surface area contributed by atoms with E-state index in [1.165, 1.54) is 6.20 Å². The largest absolute Gasteiger partial charge is 0.462 e. The number of ether oxygens (including phenoxy) is 1. The van der Waals surface area contributed by atoms with Gasteiger partial charge in [-0.1, -0.05) is 6.07 Å². The van der Waals surface area contributed by atoms with Gasteiger partial charge in [-0.25, -0.2) is 4.79 Å². The molecule has 0 aliphatic heterocycles. The van der Waals surface area contributed by atoms with Crippen molar-refractivity contribution >= 4 is 17.2 Å². The average molecular weight is 284 g/mol. The van der Waals surface area contributed by atoms with Crippen LogP contribution in [0, 0.1) is 11.3 Å². The summed E-state index contributed by atoms with van der Waals surface area (Å²) < 4.78 is 4.92. The molecule has 0 saturated carbocycles. The molecular weight excluding hydrogens is 272 g/mol. The highest BCUT2D eigenvalue weighted by Crippen LogP contribution is 2.13. The minimum absolute atomic E-state index is 0.187. The zero-order valence-electron chi connectivity index (χ0n) is 11.2. The van der Waals surface area contributed by atoms with Gasteiger partial charge in [0.2, 0.25) is 5.82 Å². The van der Waals surface area contributed by atoms with Crippen LogP contribution >= 0.6 is 0 Å². The van der Waals surface area contributed by atoms with E-state index in [9.17, 15) is 4.79 Å². The van der Waals surface area contributed by atoms with E-state index in [0.717, 1.165) is 0 Å². The highest BCUT2D eigenvalue weighted by atomic mass is 16.5. The lowest BCUT2D eigenvalue weighted by molar-refractivity contribution is 0.0526. The molecule has 0 fully saturated rings. The first-order chi connectivity index (χ1) is 10.2. The van der Waals surface area contributed by atoms with Crippen LogP contribution in [0.1, 0.15) is 23.1 Å². The van der Waals surface area contributed by atoms with Crippen molar-refractivity contribution in [2.24, 2.45) is 0 Å². The van der Waals surface area contributed by atoms with Crippen molar-refractivity contribution < 1.29 is 9.53 Å². The fourth-order valence-corrected chi connectivity index (χ4v) is 1.53. The number of esters is 1. The first kappa shape index (κ1) is 14.2. The molecule has 0 aliphatic rings. The standard InChI is InChI=1S/C13H12N6O2/c1-2-21-13(20)9-4-3-5-11(6-9)15-8-10(7-14)12-16-18-19-17-12/h3-6,8,15H,2H2,1H3,(H,16,17,18,19). The van der Waals surface area contributed by atoms with Gasteiger partial charge in [-0.3, -0.25) is 0 Å². The number of allylic oxidation sites excluding steroid dienone is 1. The predicted molar refractivity (Wildman–Crippen MR) is 73.8 cm³/mol. The second-order valence-corrected chi connectivity index (χ2v) is 3.85. The van der Waals surface area contributed by atoms with Gasteiger partial charge in [0.25, 0.3) is 0 Å². The van der Waals surface area contributed by atoms with Gasteiger partial charge < -0.3 is 10.1 Å². The van der Waals surface area contributed by atoms with E-state index < -0.39 is 5.97 Å². The molecule has 0 bridgehead atoms. The Morgan fingerprint density at radius 2 is 2.43 bits per heavy atom. The fourth-order valence-electron chi connectivity index (χ4n) is 1.53. The van der Waals surface area contributed by atoms with Crippen LogP contribution in [-0.2, 0) is 4.74 Å². The molecule has 8 heteroatoms. The van der Waals surface area contributed by atoms with Gasteiger partial charge in [0.05, 0.1) is 12.2 Å². The lowest BCUT2D eigenvalue weighted by Gasteiger charge is -2.05. The Morgan fingerprint density at radius 1 is 1.57 bits per heavy atom. The highest BCUT2D eigenvalue weighted by molar-refractivity contribution is 5.90. The summed E-state index contributed by atoms with van der Waals surface area (Å²) in [7, 11) is 0. The third-order valence-corrected chi connectivity index (χ3v) is 2.46. The molecule has 0 spiro atoms. The number of carbonyl (C=O) groups is 1. The third kappa shape index (κ3) is 3.63. The van der Waals surface area contributed by atoms with Crippen molar-refractivity contribution in [3.8, 4) is 6.07 Å². The molecule has 0 radical (unpaired) electrons. The second kappa shape index (κ2) is 6.81. The maximum absolute atomic E-state index is 11.6. The molecule has 0 saturated heterocycles. The lowest BCUT2D eigenvalue weighted by atomic mass is 10.2. The number of aromatic amines is 1. The number of benzene rings is 1. The molecule has 1 heterocycles. The minimum Gasteiger partial charge on any atom is -0.462 e. The van der Waals surface area contributed by atoms with Gasteiger partial charge in [-0.2, -0.15) is 10.5 Å². The van der Waals surface area contributed by atoms with E-state index in [4.69, 9.17) is 10.00 Å². The Morgan fingerprint density at radius 3 is 3.10 bits per heavy atom. The number of nitriles is 1. The van der Waals surface area contributed by atoms with Gasteiger partial charge >= 0.3 is 5.97 Å². The number of hydrogen-bond acceptors (Lipinski definition) is 7. The molecule has 0 amide bonds. The van der Waals surface area contributed by atoms with Crippen LogP contribution in [0.3, 0.4) is 0 Å². The topological polar surface area (TPSA) is 117 Å². The van der Waals surface area contributed by atoms with Gasteiger partial charge in [0, 0.05) is 11.9 Å². The predicted octanol–water partition coefficient (Wildman–Crippen LogP) is 1.35. The second-order valence-electron chi connectivity index (χ2n) is 3.85. The van der Waals surface area contributed by atoms with Crippen molar-refractivity contribution in [2.45, 2.75) is 6.92 Å².